The summed E-state index contributed by atoms with van der Waals surface area (Å²) < 4.78 is 39.4. The van der Waals surface area contributed by atoms with Crippen LogP contribution in [0.2, 0.25) is 0 Å². The van der Waals surface area contributed by atoms with Gasteiger partial charge in [0.25, 0.3) is 0 Å². The number of benzene rings is 1. The van der Waals surface area contributed by atoms with Crippen molar-refractivity contribution < 1.29 is 22.8 Å². The number of alkyl halides is 3. The molecule has 1 atom stereocenters. The van der Waals surface area contributed by atoms with E-state index in [1.807, 2.05) is 25.9 Å². The predicted octanol–water partition coefficient (Wildman–Crippen LogP) is 5.63. The summed E-state index contributed by atoms with van der Waals surface area (Å²) in [5.74, 6) is -0.756. The molecule has 3 heterocycles. The maximum Gasteiger partial charge on any atom is 0.416 e. The van der Waals surface area contributed by atoms with E-state index in [1.165, 1.54) is 22.3 Å². The molecule has 2 N–H and O–H groups in total. The summed E-state index contributed by atoms with van der Waals surface area (Å²) in [6, 6.07) is 4.70. The van der Waals surface area contributed by atoms with E-state index in [9.17, 15) is 22.8 Å². The van der Waals surface area contributed by atoms with Crippen molar-refractivity contribution in [3.63, 3.8) is 0 Å². The van der Waals surface area contributed by atoms with Gasteiger partial charge in [-0.2, -0.15) is 18.2 Å². The lowest BCUT2D eigenvalue weighted by Gasteiger charge is -2.35. The lowest BCUT2D eigenvalue weighted by atomic mass is 9.95. The second-order valence-electron chi connectivity index (χ2n) is 10.3. The van der Waals surface area contributed by atoms with Crippen LogP contribution in [-0.4, -0.2) is 59.1 Å². The average molecular weight is 599 g/mol. The number of urea groups is 1. The van der Waals surface area contributed by atoms with E-state index in [1.54, 1.807) is 42.5 Å². The number of nitrogens with one attached hydrogen (secondary N) is 2. The number of anilines is 5. The van der Waals surface area contributed by atoms with Gasteiger partial charge in [0, 0.05) is 42.1 Å². The molecule has 0 spiro atoms. The topological polar surface area (TPSA) is 107 Å². The minimum atomic E-state index is -4.53. The summed E-state index contributed by atoms with van der Waals surface area (Å²) in [6.45, 7) is 2.78. The molecule has 220 valence electrons. The largest absolute Gasteiger partial charge is 0.416 e. The first-order valence-electron chi connectivity index (χ1n) is 13.0. The van der Waals surface area contributed by atoms with Crippen molar-refractivity contribution in [3.05, 3.63) is 70.4 Å². The highest BCUT2D eigenvalue weighted by Gasteiger charge is 2.35. The van der Waals surface area contributed by atoms with Crippen LogP contribution in [-0.2, 0) is 17.9 Å². The minimum Gasteiger partial charge on any atom is -0.325 e. The predicted molar refractivity (Wildman–Crippen MR) is 156 cm³/mol. The van der Waals surface area contributed by atoms with Crippen molar-refractivity contribution in [3.8, 4) is 0 Å². The number of hydrogen-bond acceptors (Lipinski definition) is 8. The van der Waals surface area contributed by atoms with Gasteiger partial charge in [-0.3, -0.25) is 19.9 Å². The fourth-order valence-corrected chi connectivity index (χ4v) is 5.59. The fourth-order valence-electron chi connectivity index (χ4n) is 4.67. The highest BCUT2D eigenvalue weighted by molar-refractivity contribution is 7.15. The van der Waals surface area contributed by atoms with Crippen LogP contribution in [0.1, 0.15) is 22.4 Å². The number of rotatable bonds is 7. The molecule has 0 radical (unpaired) electrons. The van der Waals surface area contributed by atoms with Crippen molar-refractivity contribution in [1.29, 1.82) is 0 Å². The lowest BCUT2D eigenvalue weighted by molar-refractivity contribution is -0.118. The Balaban J connectivity index is 1.33. The van der Waals surface area contributed by atoms with Gasteiger partial charge in [0.15, 0.2) is 5.13 Å². The van der Waals surface area contributed by atoms with E-state index >= 15 is 0 Å². The average Bonchev–Trinajstić information content (AvgIpc) is 3.37. The molecule has 2 aliphatic rings. The molecule has 5 rings (SSSR count). The van der Waals surface area contributed by atoms with Crippen molar-refractivity contribution in [2.75, 3.05) is 41.6 Å². The van der Waals surface area contributed by atoms with Gasteiger partial charge in [0.2, 0.25) is 11.9 Å². The van der Waals surface area contributed by atoms with Gasteiger partial charge < -0.3 is 10.2 Å². The van der Waals surface area contributed by atoms with E-state index in [0.717, 1.165) is 29.1 Å². The van der Waals surface area contributed by atoms with E-state index in [-0.39, 0.29) is 19.0 Å². The van der Waals surface area contributed by atoms with Crippen molar-refractivity contribution in [2.45, 2.75) is 32.6 Å². The zero-order chi connectivity index (χ0) is 30.2. The van der Waals surface area contributed by atoms with Crippen LogP contribution in [0.4, 0.5) is 46.2 Å². The quantitative estimate of drug-likeness (QED) is 0.363. The summed E-state index contributed by atoms with van der Waals surface area (Å²) >= 11 is 1.49. The SMILES string of the molecule is Cc1ccc(NC(=O)C2C=C(C(F)(F)F)C=CC2)cc1N1Cc2cnc(Nc3ncc(CN(C)C)s3)nc2N(C)C1=O. The highest BCUT2D eigenvalue weighted by atomic mass is 32.1. The van der Waals surface area contributed by atoms with Crippen LogP contribution in [0.5, 0.6) is 0 Å². The smallest absolute Gasteiger partial charge is 0.325 e. The number of nitrogens with zero attached hydrogens (tertiary/aromatic N) is 6. The van der Waals surface area contributed by atoms with E-state index in [2.05, 4.69) is 25.6 Å². The van der Waals surface area contributed by atoms with Gasteiger partial charge in [-0.25, -0.2) is 14.8 Å². The Morgan fingerprint density at radius 3 is 2.74 bits per heavy atom. The number of aryl methyl sites for hydroxylation is 1. The Morgan fingerprint density at radius 2 is 2.00 bits per heavy atom. The Kier molecular flexibility index (Phi) is 8.01. The highest BCUT2D eigenvalue weighted by Crippen LogP contribution is 2.35. The minimum absolute atomic E-state index is 0.160. The number of halogens is 3. The molecule has 1 aliphatic carbocycles. The van der Waals surface area contributed by atoms with Gasteiger partial charge in [-0.05, 0) is 45.1 Å². The molecule has 1 aliphatic heterocycles. The normalized spacial score (nSPS) is 16.9. The lowest BCUT2D eigenvalue weighted by Crippen LogP contribution is -2.46. The molecule has 10 nitrogen and oxygen atoms in total. The summed E-state index contributed by atoms with van der Waals surface area (Å²) in [5.41, 5.74) is 1.55. The molecule has 0 fully saturated rings. The van der Waals surface area contributed by atoms with Crippen molar-refractivity contribution in [2.24, 2.45) is 5.92 Å². The second kappa shape index (κ2) is 11.5. The van der Waals surface area contributed by atoms with E-state index in [0.29, 0.717) is 33.8 Å². The summed E-state index contributed by atoms with van der Waals surface area (Å²) in [5, 5.41) is 6.44. The third kappa shape index (κ3) is 6.29. The van der Waals surface area contributed by atoms with Gasteiger partial charge in [-0.15, -0.1) is 11.3 Å². The molecule has 3 amide bonds. The first-order chi connectivity index (χ1) is 19.9. The van der Waals surface area contributed by atoms with Crippen molar-refractivity contribution in [1.82, 2.24) is 19.9 Å². The number of thiazole rings is 1. The molecule has 0 saturated carbocycles. The first kappa shape index (κ1) is 29.2. The maximum absolute atomic E-state index is 13.5. The Labute approximate surface area is 244 Å². The summed E-state index contributed by atoms with van der Waals surface area (Å²) in [6.07, 6.45) is 2.33. The van der Waals surface area contributed by atoms with E-state index < -0.39 is 23.6 Å². The molecule has 3 aromatic rings. The number of amides is 3. The fraction of sp³-hybridized carbons (Fsp3) is 0.321. The number of carbonyl (C=O) groups is 2. The van der Waals surface area contributed by atoms with E-state index in [4.69, 9.17) is 0 Å². The third-order valence-corrected chi connectivity index (χ3v) is 7.65. The standard InChI is InChI=1S/C28H29F3N8O2S/c1-16-8-9-20(34-24(40)17-6-5-7-19(10-17)28(29,30)31)11-22(16)39-14-18-12-32-25(35-23(18)38(4)27(39)41)36-26-33-13-21(42-26)15-37(2)3/h5,7-13,17H,6,14-15H2,1-4H3,(H,34,40)(H,32,33,35,36). The second-order valence-corrected chi connectivity index (χ2v) is 11.4. The molecule has 14 heteroatoms. The molecule has 2 aromatic heterocycles. The molecule has 0 bridgehead atoms. The number of allylic oxidation sites excluding steroid dienone is 3. The Hall–Kier alpha value is -4.30. The zero-order valence-electron chi connectivity index (χ0n) is 23.4. The van der Waals surface area contributed by atoms with Gasteiger partial charge in [0.05, 0.1) is 23.7 Å². The zero-order valence-corrected chi connectivity index (χ0v) is 24.2. The molecule has 1 aromatic carbocycles. The third-order valence-electron chi connectivity index (χ3n) is 6.75. The van der Waals surface area contributed by atoms with Gasteiger partial charge in [-0.1, -0.05) is 24.3 Å². The Morgan fingerprint density at radius 1 is 1.21 bits per heavy atom. The van der Waals surface area contributed by atoms with Crippen LogP contribution >= 0.6 is 11.3 Å². The van der Waals surface area contributed by atoms with Gasteiger partial charge in [0.1, 0.15) is 5.82 Å². The van der Waals surface area contributed by atoms with Crippen molar-refractivity contribution >= 4 is 51.5 Å². The first-order valence-corrected chi connectivity index (χ1v) is 13.9. The van der Waals surface area contributed by atoms with Crippen LogP contribution in [0, 0.1) is 12.8 Å². The van der Waals surface area contributed by atoms with Crippen LogP contribution in [0.25, 0.3) is 0 Å². The maximum atomic E-state index is 13.5. The number of aromatic nitrogens is 3. The summed E-state index contributed by atoms with van der Waals surface area (Å²) in [7, 11) is 5.57. The van der Waals surface area contributed by atoms with Crippen LogP contribution < -0.4 is 20.4 Å². The monoisotopic (exact) mass is 598 g/mol. The molecular formula is C28H29F3N8O2S. The number of fused-ring (bicyclic) bond motifs is 1. The summed E-state index contributed by atoms with van der Waals surface area (Å²) in [4.78, 5) is 45.7. The number of carbonyl (C=O) groups excluding carboxylic acids is 2. The Bertz CT molecular complexity index is 1580. The molecule has 42 heavy (non-hydrogen) atoms. The van der Waals surface area contributed by atoms with Crippen LogP contribution in [0.3, 0.4) is 0 Å². The van der Waals surface area contributed by atoms with Gasteiger partial charge >= 0.3 is 12.2 Å². The van der Waals surface area contributed by atoms with Crippen LogP contribution in [0.15, 0.2) is 54.4 Å². The molecular weight excluding hydrogens is 569 g/mol. The number of hydrogen-bond donors (Lipinski definition) is 2. The molecule has 0 saturated heterocycles. The molecule has 1 unspecified atom stereocenters.